The van der Waals surface area contributed by atoms with Gasteiger partial charge in [0.2, 0.25) is 0 Å². The number of carbonyl (C=O) groups is 1. The molecule has 0 saturated carbocycles. The van der Waals surface area contributed by atoms with Gasteiger partial charge in [0.1, 0.15) is 12.4 Å². The molecule has 2 aliphatic heterocycles. The Morgan fingerprint density at radius 3 is 2.67 bits per heavy atom. The van der Waals surface area contributed by atoms with Crippen molar-refractivity contribution in [2.45, 2.75) is 31.3 Å². The number of amides is 1. The van der Waals surface area contributed by atoms with E-state index in [-0.39, 0.29) is 17.9 Å². The molecule has 5 nitrogen and oxygen atoms in total. The summed E-state index contributed by atoms with van der Waals surface area (Å²) in [6.45, 7) is 4.18. The highest BCUT2D eigenvalue weighted by molar-refractivity contribution is 5.81. The maximum absolute atomic E-state index is 12.6. The van der Waals surface area contributed by atoms with E-state index in [2.05, 4.69) is 23.5 Å². The lowest BCUT2D eigenvalue weighted by Gasteiger charge is -2.40. The Bertz CT molecular complexity index is 828. The van der Waals surface area contributed by atoms with Gasteiger partial charge in [0.25, 0.3) is 5.91 Å². The molecule has 0 radical (unpaired) electrons. The number of fused-ring (bicyclic) bond motifs is 2. The third kappa shape index (κ3) is 3.39. The quantitative estimate of drug-likeness (QED) is 0.873. The first-order chi connectivity index (χ1) is 13.1. The molecule has 1 atom stereocenters. The van der Waals surface area contributed by atoms with Crippen LogP contribution in [0.15, 0.2) is 48.5 Å². The number of nitrogens with zero attached hydrogens (tertiary/aromatic N) is 1. The molecule has 1 spiro atoms. The third-order valence-corrected chi connectivity index (χ3v) is 5.92. The van der Waals surface area contributed by atoms with E-state index in [0.717, 1.165) is 24.9 Å². The van der Waals surface area contributed by atoms with E-state index >= 15 is 0 Å². The summed E-state index contributed by atoms with van der Waals surface area (Å²) in [5.74, 6) is 0.466. The van der Waals surface area contributed by atoms with Gasteiger partial charge in [-0.15, -0.1) is 0 Å². The molecular weight excluding hydrogens is 340 g/mol. The number of nitrogens with one attached hydrogen (secondary N) is 1. The van der Waals surface area contributed by atoms with E-state index in [1.807, 2.05) is 37.3 Å². The van der Waals surface area contributed by atoms with E-state index in [0.29, 0.717) is 18.8 Å². The fourth-order valence-corrected chi connectivity index (χ4v) is 4.23. The molecule has 1 amide bonds. The number of hydrogen-bond acceptors (Lipinski definition) is 4. The standard InChI is InChI=1S/C22H26N2O3/c1-16-6-2-5-9-20(16)27-14-19(25)21(26)24-12-10-22(11-13-24)15-23-18-8-4-3-7-17(18)22/h2-9,19,23,25H,10-15H2,1H3/t19-/m1/s1. The maximum atomic E-state index is 12.6. The summed E-state index contributed by atoms with van der Waals surface area (Å²) >= 11 is 0. The van der Waals surface area contributed by atoms with E-state index in [9.17, 15) is 9.90 Å². The molecule has 2 aromatic carbocycles. The molecule has 2 aliphatic rings. The normalized spacial score (nSPS) is 18.7. The zero-order valence-electron chi connectivity index (χ0n) is 15.6. The highest BCUT2D eigenvalue weighted by Crippen LogP contribution is 2.43. The lowest BCUT2D eigenvalue weighted by molar-refractivity contribution is -0.143. The van der Waals surface area contributed by atoms with E-state index in [1.165, 1.54) is 11.3 Å². The predicted octanol–water partition coefficient (Wildman–Crippen LogP) is 2.72. The number of anilines is 1. The zero-order valence-corrected chi connectivity index (χ0v) is 15.6. The summed E-state index contributed by atoms with van der Waals surface area (Å²) in [6, 6.07) is 16.1. The highest BCUT2D eigenvalue weighted by Gasteiger charge is 2.42. The first-order valence-electron chi connectivity index (χ1n) is 9.58. The minimum absolute atomic E-state index is 0.0181. The smallest absolute Gasteiger partial charge is 0.254 e. The van der Waals surface area contributed by atoms with Gasteiger partial charge in [-0.05, 0) is 43.0 Å². The molecule has 2 aromatic rings. The number of carbonyl (C=O) groups excluding carboxylic acids is 1. The Hall–Kier alpha value is -2.53. The van der Waals surface area contributed by atoms with E-state index < -0.39 is 6.10 Å². The van der Waals surface area contributed by atoms with Crippen molar-refractivity contribution in [2.24, 2.45) is 0 Å². The number of aryl methyl sites for hydroxylation is 1. The van der Waals surface area contributed by atoms with Crippen molar-refractivity contribution in [2.75, 3.05) is 31.6 Å². The molecule has 27 heavy (non-hydrogen) atoms. The number of benzene rings is 2. The van der Waals surface area contributed by atoms with Gasteiger partial charge in [-0.2, -0.15) is 0 Å². The van der Waals surface area contributed by atoms with Gasteiger partial charge >= 0.3 is 0 Å². The maximum Gasteiger partial charge on any atom is 0.254 e. The van der Waals surface area contributed by atoms with Crippen molar-refractivity contribution in [3.63, 3.8) is 0 Å². The summed E-state index contributed by atoms with van der Waals surface area (Å²) in [7, 11) is 0. The van der Waals surface area contributed by atoms with Crippen molar-refractivity contribution in [3.05, 3.63) is 59.7 Å². The summed E-state index contributed by atoms with van der Waals surface area (Å²) in [6.07, 6.45) is 0.690. The highest BCUT2D eigenvalue weighted by atomic mass is 16.5. The van der Waals surface area contributed by atoms with Gasteiger partial charge in [-0.3, -0.25) is 4.79 Å². The van der Waals surface area contributed by atoms with Crippen LogP contribution in [0, 0.1) is 6.92 Å². The molecule has 142 valence electrons. The number of ether oxygens (including phenoxy) is 1. The van der Waals surface area contributed by atoms with Gasteiger partial charge in [0.15, 0.2) is 6.10 Å². The van der Waals surface area contributed by atoms with Gasteiger partial charge in [-0.25, -0.2) is 0 Å². The Labute approximate surface area is 160 Å². The van der Waals surface area contributed by atoms with Crippen LogP contribution in [0.1, 0.15) is 24.0 Å². The Balaban J connectivity index is 1.34. The van der Waals surface area contributed by atoms with Crippen LogP contribution in [0.5, 0.6) is 5.75 Å². The lowest BCUT2D eigenvalue weighted by atomic mass is 9.74. The molecule has 4 rings (SSSR count). The van der Waals surface area contributed by atoms with Crippen LogP contribution >= 0.6 is 0 Å². The van der Waals surface area contributed by atoms with Crippen molar-refractivity contribution in [1.82, 2.24) is 4.90 Å². The molecule has 0 unspecified atom stereocenters. The minimum Gasteiger partial charge on any atom is -0.490 e. The van der Waals surface area contributed by atoms with Gasteiger partial charge in [0.05, 0.1) is 0 Å². The van der Waals surface area contributed by atoms with Gasteiger partial charge in [-0.1, -0.05) is 36.4 Å². The van der Waals surface area contributed by atoms with Crippen LogP contribution in [0.4, 0.5) is 5.69 Å². The average molecular weight is 366 g/mol. The van der Waals surface area contributed by atoms with Crippen molar-refractivity contribution < 1.29 is 14.6 Å². The van der Waals surface area contributed by atoms with Gasteiger partial charge in [0, 0.05) is 30.7 Å². The molecule has 0 aromatic heterocycles. The van der Waals surface area contributed by atoms with Crippen LogP contribution in [0.2, 0.25) is 0 Å². The second-order valence-corrected chi connectivity index (χ2v) is 7.60. The molecular formula is C22H26N2O3. The number of rotatable bonds is 4. The Morgan fingerprint density at radius 2 is 1.89 bits per heavy atom. The zero-order chi connectivity index (χ0) is 18.9. The topological polar surface area (TPSA) is 61.8 Å². The SMILES string of the molecule is Cc1ccccc1OC[C@@H](O)C(=O)N1CCC2(CC1)CNc1ccccc12. The molecule has 5 heteroatoms. The van der Waals surface area contributed by atoms with E-state index in [1.54, 1.807) is 4.90 Å². The van der Waals surface area contributed by atoms with Crippen LogP contribution < -0.4 is 10.1 Å². The Kier molecular flexibility index (Phi) is 4.79. The molecule has 2 heterocycles. The fourth-order valence-electron chi connectivity index (χ4n) is 4.23. The number of likely N-dealkylation sites (tertiary alicyclic amines) is 1. The monoisotopic (exact) mass is 366 g/mol. The molecule has 1 saturated heterocycles. The summed E-state index contributed by atoms with van der Waals surface area (Å²) in [5.41, 5.74) is 3.67. The average Bonchev–Trinajstić information content (AvgIpc) is 3.06. The van der Waals surface area contributed by atoms with E-state index in [4.69, 9.17) is 4.74 Å². The fraction of sp³-hybridized carbons (Fsp3) is 0.409. The number of hydrogen-bond donors (Lipinski definition) is 2. The predicted molar refractivity (Wildman–Crippen MR) is 105 cm³/mol. The van der Waals surface area contributed by atoms with Crippen molar-refractivity contribution >= 4 is 11.6 Å². The largest absolute Gasteiger partial charge is 0.490 e. The first kappa shape index (κ1) is 17.9. The van der Waals surface area contributed by atoms with Crippen LogP contribution in [0.25, 0.3) is 0 Å². The first-order valence-corrected chi connectivity index (χ1v) is 9.58. The molecule has 0 bridgehead atoms. The summed E-state index contributed by atoms with van der Waals surface area (Å²) in [4.78, 5) is 14.4. The van der Waals surface area contributed by atoms with Crippen molar-refractivity contribution in [3.8, 4) is 5.75 Å². The third-order valence-electron chi connectivity index (χ3n) is 5.92. The number of aliphatic hydroxyl groups is 1. The van der Waals surface area contributed by atoms with Crippen molar-refractivity contribution in [1.29, 1.82) is 0 Å². The van der Waals surface area contributed by atoms with Crippen LogP contribution in [0.3, 0.4) is 0 Å². The second kappa shape index (κ2) is 7.24. The molecule has 1 fully saturated rings. The Morgan fingerprint density at radius 1 is 1.19 bits per heavy atom. The molecule has 2 N–H and O–H groups in total. The van der Waals surface area contributed by atoms with Crippen LogP contribution in [-0.4, -0.2) is 48.3 Å². The number of piperidine rings is 1. The van der Waals surface area contributed by atoms with Crippen LogP contribution in [-0.2, 0) is 10.2 Å². The number of aliphatic hydroxyl groups excluding tert-OH is 1. The number of para-hydroxylation sites is 2. The summed E-state index contributed by atoms with van der Waals surface area (Å²) in [5, 5.41) is 13.8. The lowest BCUT2D eigenvalue weighted by Crippen LogP contribution is -2.50. The minimum atomic E-state index is -1.13. The van der Waals surface area contributed by atoms with Gasteiger partial charge < -0.3 is 20.1 Å². The molecule has 0 aliphatic carbocycles. The second-order valence-electron chi connectivity index (χ2n) is 7.60. The summed E-state index contributed by atoms with van der Waals surface area (Å²) < 4.78 is 5.64.